The third-order valence-corrected chi connectivity index (χ3v) is 7.01. The van der Waals surface area contributed by atoms with Gasteiger partial charge >= 0.3 is 5.97 Å². The molecule has 0 radical (unpaired) electrons. The van der Waals surface area contributed by atoms with E-state index >= 15 is 0 Å². The van der Waals surface area contributed by atoms with Gasteiger partial charge in [0.2, 0.25) is 5.91 Å². The van der Waals surface area contributed by atoms with Gasteiger partial charge in [-0.15, -0.1) is 11.3 Å². The van der Waals surface area contributed by atoms with Crippen molar-refractivity contribution in [3.8, 4) is 0 Å². The number of amides is 1. The minimum absolute atomic E-state index is 0.180. The summed E-state index contributed by atoms with van der Waals surface area (Å²) < 4.78 is 6.26. The maximum absolute atomic E-state index is 13.6. The first-order valence-electron chi connectivity index (χ1n) is 10.9. The number of methoxy groups -OCH3 is 1. The topological polar surface area (TPSA) is 93.5 Å². The van der Waals surface area contributed by atoms with Crippen LogP contribution in [-0.4, -0.2) is 47.5 Å². The Labute approximate surface area is 196 Å². The molecule has 174 valence electrons. The summed E-state index contributed by atoms with van der Waals surface area (Å²) in [5, 5.41) is 3.40. The van der Waals surface area contributed by atoms with E-state index in [2.05, 4.69) is 12.2 Å². The number of benzene rings is 1. The zero-order valence-electron chi connectivity index (χ0n) is 19.3. The molecule has 33 heavy (non-hydrogen) atoms. The van der Waals surface area contributed by atoms with E-state index in [0.29, 0.717) is 29.4 Å². The van der Waals surface area contributed by atoms with Crippen LogP contribution < -0.4 is 10.9 Å². The summed E-state index contributed by atoms with van der Waals surface area (Å²) in [6.07, 6.45) is 2.87. The molecule has 0 fully saturated rings. The molecule has 0 bridgehead atoms. The first-order valence-corrected chi connectivity index (χ1v) is 11.8. The molecule has 0 spiro atoms. The molecule has 4 rings (SSSR count). The number of hydrogen-bond acceptors (Lipinski definition) is 7. The molecule has 0 saturated carbocycles. The van der Waals surface area contributed by atoms with Crippen LogP contribution in [0.4, 0.5) is 5.69 Å². The van der Waals surface area contributed by atoms with E-state index < -0.39 is 11.9 Å². The second-order valence-corrected chi connectivity index (χ2v) is 9.86. The van der Waals surface area contributed by atoms with Crippen molar-refractivity contribution < 1.29 is 14.3 Å². The van der Waals surface area contributed by atoms with E-state index in [1.54, 1.807) is 35.6 Å². The van der Waals surface area contributed by atoms with Crippen molar-refractivity contribution in [1.29, 1.82) is 0 Å². The molecule has 0 saturated heterocycles. The summed E-state index contributed by atoms with van der Waals surface area (Å²) >= 11 is 1.60. The van der Waals surface area contributed by atoms with Gasteiger partial charge in [0, 0.05) is 4.88 Å². The van der Waals surface area contributed by atoms with Crippen LogP contribution >= 0.6 is 11.3 Å². The minimum Gasteiger partial charge on any atom is -0.465 e. The highest BCUT2D eigenvalue weighted by atomic mass is 32.1. The smallest absolute Gasteiger partial charge is 0.339 e. The van der Waals surface area contributed by atoms with E-state index in [0.717, 1.165) is 29.7 Å². The minimum atomic E-state index is -0.543. The van der Waals surface area contributed by atoms with Crippen LogP contribution in [0, 0.1) is 5.92 Å². The lowest BCUT2D eigenvalue weighted by Crippen LogP contribution is -2.33. The number of carbonyl (C=O) groups is 2. The monoisotopic (exact) mass is 468 g/mol. The molecule has 1 amide bonds. The molecule has 1 atom stereocenters. The molecule has 8 nitrogen and oxygen atoms in total. The van der Waals surface area contributed by atoms with Crippen LogP contribution in [0.1, 0.15) is 40.0 Å². The number of fused-ring (bicyclic) bond motifs is 3. The fraction of sp³-hybridized carbons (Fsp3) is 0.417. The largest absolute Gasteiger partial charge is 0.465 e. The first-order chi connectivity index (χ1) is 15.8. The molecule has 1 aliphatic rings. The summed E-state index contributed by atoms with van der Waals surface area (Å²) in [6, 6.07) is 6.63. The number of nitrogens with zero attached hydrogens (tertiary/aromatic N) is 3. The maximum Gasteiger partial charge on any atom is 0.339 e. The van der Waals surface area contributed by atoms with Crippen molar-refractivity contribution in [3.63, 3.8) is 0 Å². The normalized spacial score (nSPS) is 15.5. The average molecular weight is 469 g/mol. The van der Waals surface area contributed by atoms with Crippen LogP contribution in [0.25, 0.3) is 10.2 Å². The van der Waals surface area contributed by atoms with Crippen LogP contribution in [0.15, 0.2) is 29.1 Å². The Hall–Kier alpha value is -3.04. The van der Waals surface area contributed by atoms with Gasteiger partial charge in [0.1, 0.15) is 17.2 Å². The van der Waals surface area contributed by atoms with Gasteiger partial charge in [-0.2, -0.15) is 0 Å². The van der Waals surface area contributed by atoms with E-state index in [1.165, 1.54) is 16.6 Å². The molecule has 3 aromatic rings. The van der Waals surface area contributed by atoms with Gasteiger partial charge in [0.05, 0.1) is 30.3 Å². The number of anilines is 1. The van der Waals surface area contributed by atoms with Crippen molar-refractivity contribution in [1.82, 2.24) is 14.5 Å². The third-order valence-electron chi connectivity index (χ3n) is 5.86. The lowest BCUT2D eigenvalue weighted by atomic mass is 9.89. The van der Waals surface area contributed by atoms with Crippen LogP contribution in [0.5, 0.6) is 0 Å². The summed E-state index contributed by atoms with van der Waals surface area (Å²) in [5.41, 5.74) is 1.50. The Morgan fingerprint density at radius 1 is 1.30 bits per heavy atom. The fourth-order valence-electron chi connectivity index (χ4n) is 4.25. The van der Waals surface area contributed by atoms with Gasteiger partial charge in [-0.1, -0.05) is 19.1 Å². The van der Waals surface area contributed by atoms with E-state index in [4.69, 9.17) is 9.72 Å². The predicted molar refractivity (Wildman–Crippen MR) is 129 cm³/mol. The number of ether oxygens (including phenoxy) is 1. The first kappa shape index (κ1) is 23.1. The number of aryl methyl sites for hydroxylation is 1. The Morgan fingerprint density at radius 3 is 2.79 bits per heavy atom. The molecule has 0 aliphatic heterocycles. The van der Waals surface area contributed by atoms with Gasteiger partial charge in [-0.05, 0) is 57.0 Å². The second-order valence-electron chi connectivity index (χ2n) is 8.77. The lowest BCUT2D eigenvalue weighted by Gasteiger charge is -2.18. The number of thiophene rings is 1. The van der Waals surface area contributed by atoms with Gasteiger partial charge < -0.3 is 15.0 Å². The van der Waals surface area contributed by atoms with Crippen molar-refractivity contribution in [2.45, 2.75) is 39.3 Å². The van der Waals surface area contributed by atoms with Crippen LogP contribution in [0.2, 0.25) is 0 Å². The number of rotatable bonds is 6. The van der Waals surface area contributed by atoms with Gasteiger partial charge in [0.25, 0.3) is 5.56 Å². The summed E-state index contributed by atoms with van der Waals surface area (Å²) in [7, 11) is 5.08. The Morgan fingerprint density at radius 2 is 2.06 bits per heavy atom. The standard InChI is InChI=1S/C24H28N4O4S/c1-14-9-10-16-18(11-14)33-22-21(16)23(30)28(19(26-22)12-27(2)3)13-20(29)25-17-8-6-5-7-15(17)24(31)32-4/h5-8,14H,9-13H2,1-4H3,(H,25,29). The molecule has 2 aromatic heterocycles. The summed E-state index contributed by atoms with van der Waals surface area (Å²) in [4.78, 5) is 47.3. The summed E-state index contributed by atoms with van der Waals surface area (Å²) in [6.45, 7) is 2.46. The highest BCUT2D eigenvalue weighted by Gasteiger charge is 2.25. The number of para-hydroxylation sites is 1. The van der Waals surface area contributed by atoms with Gasteiger partial charge in [0.15, 0.2) is 0 Å². The highest BCUT2D eigenvalue weighted by molar-refractivity contribution is 7.18. The third kappa shape index (κ3) is 4.69. The molecule has 1 unspecified atom stereocenters. The molecular formula is C24H28N4O4S. The summed E-state index contributed by atoms with van der Waals surface area (Å²) in [5.74, 6) is 0.182. The van der Waals surface area contributed by atoms with Crippen molar-refractivity contribution in [3.05, 3.63) is 56.4 Å². The predicted octanol–water partition coefficient (Wildman–Crippen LogP) is 3.07. The van der Waals surface area contributed by atoms with Gasteiger partial charge in [-0.25, -0.2) is 9.78 Å². The second kappa shape index (κ2) is 9.44. The van der Waals surface area contributed by atoms with E-state index in [-0.39, 0.29) is 17.7 Å². The average Bonchev–Trinajstić information content (AvgIpc) is 3.13. The zero-order valence-corrected chi connectivity index (χ0v) is 20.1. The number of nitrogens with one attached hydrogen (secondary N) is 1. The fourth-order valence-corrected chi connectivity index (χ4v) is 5.64. The highest BCUT2D eigenvalue weighted by Crippen LogP contribution is 2.35. The Kier molecular flexibility index (Phi) is 6.62. The lowest BCUT2D eigenvalue weighted by molar-refractivity contribution is -0.116. The number of esters is 1. The number of carbonyl (C=O) groups excluding carboxylic acids is 2. The molecule has 1 N–H and O–H groups in total. The Balaban J connectivity index is 1.72. The number of hydrogen-bond donors (Lipinski definition) is 1. The van der Waals surface area contributed by atoms with Crippen molar-refractivity contribution >= 4 is 39.1 Å². The van der Waals surface area contributed by atoms with Crippen molar-refractivity contribution in [2.24, 2.45) is 5.92 Å². The zero-order chi connectivity index (χ0) is 23.7. The number of aromatic nitrogens is 2. The Bertz CT molecular complexity index is 1280. The quantitative estimate of drug-likeness (QED) is 0.559. The van der Waals surface area contributed by atoms with Crippen molar-refractivity contribution in [2.75, 3.05) is 26.5 Å². The molecule has 1 aliphatic carbocycles. The molecule has 1 aromatic carbocycles. The molecule has 9 heteroatoms. The van der Waals surface area contributed by atoms with E-state index in [9.17, 15) is 14.4 Å². The van der Waals surface area contributed by atoms with E-state index in [1.807, 2.05) is 19.0 Å². The maximum atomic E-state index is 13.6. The van der Waals surface area contributed by atoms with Crippen LogP contribution in [-0.2, 0) is 35.5 Å². The molecular weight excluding hydrogens is 440 g/mol. The van der Waals surface area contributed by atoms with Gasteiger partial charge in [-0.3, -0.25) is 14.2 Å². The SMILES string of the molecule is COC(=O)c1ccccc1NC(=O)Cn1c(CN(C)C)nc2sc3c(c2c1=O)CCC(C)C3. The van der Waals surface area contributed by atoms with Crippen LogP contribution in [0.3, 0.4) is 0 Å². The molecule has 2 heterocycles.